The Bertz CT molecular complexity index is 175. The van der Waals surface area contributed by atoms with Gasteiger partial charge in [-0.25, -0.2) is 0 Å². The van der Waals surface area contributed by atoms with E-state index < -0.39 is 0 Å². The summed E-state index contributed by atoms with van der Waals surface area (Å²) in [5, 5.41) is 9.49. The third-order valence-electron chi connectivity index (χ3n) is 4.10. The fourth-order valence-electron chi connectivity index (χ4n) is 3.02. The van der Waals surface area contributed by atoms with Crippen LogP contribution in [0.25, 0.3) is 0 Å². The van der Waals surface area contributed by atoms with Crippen molar-refractivity contribution in [2.45, 2.75) is 57.6 Å². The minimum absolute atomic E-state index is 0.0427. The van der Waals surface area contributed by atoms with Gasteiger partial charge in [0.15, 0.2) is 0 Å². The smallest absolute Gasteiger partial charge is 0.0679 e. The highest BCUT2D eigenvalue weighted by Crippen LogP contribution is 2.30. The van der Waals surface area contributed by atoms with Crippen molar-refractivity contribution in [2.24, 2.45) is 5.92 Å². The van der Waals surface area contributed by atoms with Crippen LogP contribution in [0.4, 0.5) is 0 Å². The number of hydrogen-bond donors (Lipinski definition) is 1. The number of likely N-dealkylation sites (tertiary alicyclic amines) is 1. The maximum Gasteiger partial charge on any atom is 0.0679 e. The Hall–Kier alpha value is -0.0800. The molecule has 0 radical (unpaired) electrons. The van der Waals surface area contributed by atoms with Crippen LogP contribution in [0.5, 0.6) is 0 Å². The van der Waals surface area contributed by atoms with Crippen molar-refractivity contribution >= 4 is 0 Å². The Morgan fingerprint density at radius 2 is 1.86 bits per heavy atom. The van der Waals surface area contributed by atoms with Gasteiger partial charge < -0.3 is 5.11 Å². The van der Waals surface area contributed by atoms with Gasteiger partial charge >= 0.3 is 0 Å². The van der Waals surface area contributed by atoms with Crippen LogP contribution in [0.15, 0.2) is 0 Å². The summed E-state index contributed by atoms with van der Waals surface area (Å²) in [6.45, 7) is 4.37. The molecule has 2 rings (SSSR count). The second kappa shape index (κ2) is 4.63. The summed E-state index contributed by atoms with van der Waals surface area (Å²) in [5.41, 5.74) is 0. The summed E-state index contributed by atoms with van der Waals surface area (Å²) in [5.74, 6) is 0.985. The van der Waals surface area contributed by atoms with E-state index in [1.807, 2.05) is 0 Å². The number of rotatable bonds is 2. The lowest BCUT2D eigenvalue weighted by Gasteiger charge is -2.34. The van der Waals surface area contributed by atoms with Crippen LogP contribution in [0, 0.1) is 5.92 Å². The van der Waals surface area contributed by atoms with E-state index in [0.29, 0.717) is 0 Å². The Balaban J connectivity index is 1.78. The van der Waals surface area contributed by atoms with E-state index in [-0.39, 0.29) is 6.10 Å². The average molecular weight is 197 g/mol. The van der Waals surface area contributed by atoms with Gasteiger partial charge in [0.05, 0.1) is 6.10 Å². The number of aliphatic hydroxyl groups excluding tert-OH is 1. The van der Waals surface area contributed by atoms with E-state index >= 15 is 0 Å². The average Bonchev–Trinajstić information content (AvgIpc) is 2.65. The molecule has 2 aliphatic rings. The zero-order valence-electron chi connectivity index (χ0n) is 9.28. The van der Waals surface area contributed by atoms with Crippen LogP contribution in [0.1, 0.15) is 45.4 Å². The summed E-state index contributed by atoms with van der Waals surface area (Å²) in [7, 11) is 0. The van der Waals surface area contributed by atoms with E-state index in [1.165, 1.54) is 32.1 Å². The van der Waals surface area contributed by atoms with Crippen molar-refractivity contribution in [3.63, 3.8) is 0 Å². The Morgan fingerprint density at radius 3 is 2.36 bits per heavy atom. The molecule has 1 heterocycles. The number of nitrogens with zero attached hydrogens (tertiary/aromatic N) is 1. The lowest BCUT2D eigenvalue weighted by molar-refractivity contribution is 0.129. The highest BCUT2D eigenvalue weighted by atomic mass is 16.3. The molecule has 0 aromatic heterocycles. The SMILES string of the molecule is CCC1CCC(N2CC[C@@H](O)C2)CC1. The summed E-state index contributed by atoms with van der Waals surface area (Å²) < 4.78 is 0. The van der Waals surface area contributed by atoms with Gasteiger partial charge in [-0.2, -0.15) is 0 Å². The Kier molecular flexibility index (Phi) is 3.45. The van der Waals surface area contributed by atoms with Crippen molar-refractivity contribution in [3.05, 3.63) is 0 Å². The maximum atomic E-state index is 9.49. The van der Waals surface area contributed by atoms with E-state index in [1.54, 1.807) is 0 Å². The van der Waals surface area contributed by atoms with Crippen LogP contribution in [0.3, 0.4) is 0 Å². The predicted octanol–water partition coefficient (Wildman–Crippen LogP) is 2.02. The quantitative estimate of drug-likeness (QED) is 0.732. The topological polar surface area (TPSA) is 23.5 Å². The molecule has 14 heavy (non-hydrogen) atoms. The fourth-order valence-corrected chi connectivity index (χ4v) is 3.02. The monoisotopic (exact) mass is 197 g/mol. The molecule has 2 nitrogen and oxygen atoms in total. The van der Waals surface area contributed by atoms with Crippen LogP contribution in [-0.4, -0.2) is 35.2 Å². The number of β-amino-alcohol motifs (C(OH)–C–C–N with tert-alkyl or cyclic N) is 1. The van der Waals surface area contributed by atoms with Gasteiger partial charge in [-0.15, -0.1) is 0 Å². The molecule has 0 spiro atoms. The second-order valence-electron chi connectivity index (χ2n) is 5.02. The summed E-state index contributed by atoms with van der Waals surface area (Å²) in [6.07, 6.45) is 7.86. The molecular weight excluding hydrogens is 174 g/mol. The van der Waals surface area contributed by atoms with Gasteiger partial charge in [0.1, 0.15) is 0 Å². The zero-order chi connectivity index (χ0) is 9.97. The Labute approximate surface area is 87.3 Å². The minimum atomic E-state index is -0.0427. The largest absolute Gasteiger partial charge is 0.392 e. The predicted molar refractivity (Wildman–Crippen MR) is 58.2 cm³/mol. The normalized spacial score (nSPS) is 40.3. The first kappa shape index (κ1) is 10.4. The molecule has 0 aromatic carbocycles. The first-order valence-electron chi connectivity index (χ1n) is 6.21. The Morgan fingerprint density at radius 1 is 1.14 bits per heavy atom. The maximum absolute atomic E-state index is 9.49. The highest BCUT2D eigenvalue weighted by molar-refractivity contribution is 4.84. The molecule has 2 fully saturated rings. The van der Waals surface area contributed by atoms with Crippen LogP contribution >= 0.6 is 0 Å². The van der Waals surface area contributed by atoms with Gasteiger partial charge in [-0.1, -0.05) is 13.3 Å². The van der Waals surface area contributed by atoms with Crippen molar-refractivity contribution in [1.82, 2.24) is 4.90 Å². The third-order valence-corrected chi connectivity index (χ3v) is 4.10. The number of hydrogen-bond acceptors (Lipinski definition) is 2. The summed E-state index contributed by atoms with van der Waals surface area (Å²) >= 11 is 0. The lowest BCUT2D eigenvalue weighted by Crippen LogP contribution is -2.36. The minimum Gasteiger partial charge on any atom is -0.392 e. The van der Waals surface area contributed by atoms with Crippen LogP contribution in [-0.2, 0) is 0 Å². The van der Waals surface area contributed by atoms with Gasteiger partial charge in [0.2, 0.25) is 0 Å². The van der Waals surface area contributed by atoms with Gasteiger partial charge in [0, 0.05) is 19.1 Å². The zero-order valence-corrected chi connectivity index (χ0v) is 9.28. The molecule has 0 bridgehead atoms. The molecule has 82 valence electrons. The molecule has 0 amide bonds. The highest BCUT2D eigenvalue weighted by Gasteiger charge is 2.29. The van der Waals surface area contributed by atoms with E-state index in [9.17, 15) is 5.11 Å². The molecular formula is C12H23NO. The molecule has 0 unspecified atom stereocenters. The van der Waals surface area contributed by atoms with E-state index in [2.05, 4.69) is 11.8 Å². The van der Waals surface area contributed by atoms with Crippen molar-refractivity contribution in [3.8, 4) is 0 Å². The van der Waals surface area contributed by atoms with E-state index in [0.717, 1.165) is 31.5 Å². The summed E-state index contributed by atoms with van der Waals surface area (Å²) in [6, 6.07) is 0.787. The van der Waals surface area contributed by atoms with Crippen molar-refractivity contribution < 1.29 is 5.11 Å². The third kappa shape index (κ3) is 2.29. The van der Waals surface area contributed by atoms with E-state index in [4.69, 9.17) is 0 Å². The first-order chi connectivity index (χ1) is 6.79. The fraction of sp³-hybridized carbons (Fsp3) is 1.00. The standard InChI is InChI=1S/C12H23NO/c1-2-10-3-5-11(6-4-10)13-8-7-12(14)9-13/h10-12,14H,2-9H2,1H3/t10?,11?,12-/m1/s1. The van der Waals surface area contributed by atoms with Gasteiger partial charge in [0.25, 0.3) is 0 Å². The molecule has 2 heteroatoms. The molecule has 1 saturated heterocycles. The molecule has 1 aliphatic carbocycles. The first-order valence-corrected chi connectivity index (χ1v) is 6.21. The van der Waals surface area contributed by atoms with Crippen molar-refractivity contribution in [2.75, 3.05) is 13.1 Å². The van der Waals surface area contributed by atoms with Crippen LogP contribution in [0.2, 0.25) is 0 Å². The molecule has 1 saturated carbocycles. The summed E-state index contributed by atoms with van der Waals surface area (Å²) in [4.78, 5) is 2.51. The van der Waals surface area contributed by atoms with Gasteiger partial charge in [-0.05, 0) is 38.0 Å². The van der Waals surface area contributed by atoms with Gasteiger partial charge in [-0.3, -0.25) is 4.90 Å². The lowest BCUT2D eigenvalue weighted by atomic mass is 9.84. The van der Waals surface area contributed by atoms with Crippen LogP contribution < -0.4 is 0 Å². The van der Waals surface area contributed by atoms with Crippen molar-refractivity contribution in [1.29, 1.82) is 0 Å². The molecule has 1 atom stereocenters. The molecule has 1 aliphatic heterocycles. The second-order valence-corrected chi connectivity index (χ2v) is 5.02. The molecule has 1 N–H and O–H groups in total. The molecule has 0 aromatic rings. The number of aliphatic hydroxyl groups is 1.